The van der Waals surface area contributed by atoms with Crippen LogP contribution in [0.4, 0.5) is 5.69 Å². The number of hydrogen-bond acceptors (Lipinski definition) is 5. The van der Waals surface area contributed by atoms with Gasteiger partial charge >= 0.3 is 0 Å². The summed E-state index contributed by atoms with van der Waals surface area (Å²) in [5, 5.41) is 11.2. The first-order valence-corrected chi connectivity index (χ1v) is 9.85. The second kappa shape index (κ2) is 9.39. The summed E-state index contributed by atoms with van der Waals surface area (Å²) in [6, 6.07) is 18.5. The molecule has 6 nitrogen and oxygen atoms in total. The SMILES string of the molecule is CC(C)CCc1cc(C(CN)c2ccccc2)nc(-c2cccc([N+](=O)[O-])c2)n1. The van der Waals surface area contributed by atoms with Gasteiger partial charge in [-0.3, -0.25) is 10.1 Å². The molecule has 0 radical (unpaired) electrons. The summed E-state index contributed by atoms with van der Waals surface area (Å²) in [7, 11) is 0. The minimum atomic E-state index is -0.403. The van der Waals surface area contributed by atoms with Crippen molar-refractivity contribution in [2.75, 3.05) is 6.54 Å². The van der Waals surface area contributed by atoms with Crippen LogP contribution in [0.25, 0.3) is 11.4 Å². The number of benzene rings is 2. The second-order valence-corrected chi connectivity index (χ2v) is 7.55. The molecule has 0 aliphatic rings. The quantitative estimate of drug-likeness (QED) is 0.443. The molecule has 0 aliphatic carbocycles. The lowest BCUT2D eigenvalue weighted by atomic mass is 9.94. The van der Waals surface area contributed by atoms with Gasteiger partial charge < -0.3 is 5.73 Å². The zero-order valence-corrected chi connectivity index (χ0v) is 16.8. The predicted molar refractivity (Wildman–Crippen MR) is 115 cm³/mol. The van der Waals surface area contributed by atoms with Crippen LogP contribution in [0.1, 0.15) is 43.1 Å². The maximum atomic E-state index is 11.2. The van der Waals surface area contributed by atoms with E-state index in [0.717, 1.165) is 29.8 Å². The van der Waals surface area contributed by atoms with E-state index < -0.39 is 4.92 Å². The minimum Gasteiger partial charge on any atom is -0.329 e. The molecule has 1 atom stereocenters. The van der Waals surface area contributed by atoms with E-state index in [1.165, 1.54) is 12.1 Å². The molecule has 0 amide bonds. The Hall–Kier alpha value is -3.12. The number of hydrogen-bond donors (Lipinski definition) is 1. The number of nitrogens with two attached hydrogens (primary N) is 1. The number of non-ortho nitro benzene ring substituents is 1. The molecule has 1 heterocycles. The molecular formula is C23H26N4O2. The summed E-state index contributed by atoms with van der Waals surface area (Å²) in [5.41, 5.74) is 9.64. The topological polar surface area (TPSA) is 94.9 Å². The Labute approximate surface area is 171 Å². The molecule has 0 saturated carbocycles. The Bertz CT molecular complexity index is 974. The average molecular weight is 390 g/mol. The van der Waals surface area contributed by atoms with E-state index in [1.54, 1.807) is 12.1 Å². The normalized spacial score (nSPS) is 12.1. The fourth-order valence-electron chi connectivity index (χ4n) is 3.26. The molecule has 6 heteroatoms. The third-order valence-electron chi connectivity index (χ3n) is 4.89. The van der Waals surface area contributed by atoms with E-state index >= 15 is 0 Å². The highest BCUT2D eigenvalue weighted by Gasteiger charge is 2.18. The molecular weight excluding hydrogens is 364 g/mol. The Kier molecular flexibility index (Phi) is 6.67. The van der Waals surface area contributed by atoms with Crippen LogP contribution in [0.5, 0.6) is 0 Å². The Morgan fingerprint density at radius 2 is 1.79 bits per heavy atom. The zero-order valence-electron chi connectivity index (χ0n) is 16.8. The van der Waals surface area contributed by atoms with Crippen LogP contribution in [0.3, 0.4) is 0 Å². The molecule has 150 valence electrons. The molecule has 3 rings (SSSR count). The average Bonchev–Trinajstić information content (AvgIpc) is 2.73. The fourth-order valence-corrected chi connectivity index (χ4v) is 3.26. The predicted octanol–water partition coefficient (Wildman–Crippen LogP) is 4.73. The standard InChI is InChI=1S/C23H26N4O2/c1-16(2)11-12-19-14-22(21(15-24)17-7-4-3-5-8-17)26-23(25-19)18-9-6-10-20(13-18)27(28)29/h3-10,13-14,16,21H,11-12,15,24H2,1-2H3. The number of nitrogens with zero attached hydrogens (tertiary/aromatic N) is 3. The molecule has 0 bridgehead atoms. The first-order chi connectivity index (χ1) is 14.0. The summed E-state index contributed by atoms with van der Waals surface area (Å²) in [5.74, 6) is 0.989. The molecule has 2 aromatic carbocycles. The molecule has 3 aromatic rings. The smallest absolute Gasteiger partial charge is 0.270 e. The van der Waals surface area contributed by atoms with Crippen molar-refractivity contribution in [1.29, 1.82) is 0 Å². The maximum Gasteiger partial charge on any atom is 0.270 e. The van der Waals surface area contributed by atoms with E-state index in [1.807, 2.05) is 36.4 Å². The van der Waals surface area contributed by atoms with Crippen LogP contribution in [0.15, 0.2) is 60.7 Å². The second-order valence-electron chi connectivity index (χ2n) is 7.55. The van der Waals surface area contributed by atoms with Crippen LogP contribution in [0, 0.1) is 16.0 Å². The van der Waals surface area contributed by atoms with Gasteiger partial charge in [-0.1, -0.05) is 56.3 Å². The van der Waals surface area contributed by atoms with Crippen LogP contribution in [-0.4, -0.2) is 21.4 Å². The van der Waals surface area contributed by atoms with E-state index in [2.05, 4.69) is 13.8 Å². The van der Waals surface area contributed by atoms with Crippen LogP contribution in [-0.2, 0) is 6.42 Å². The summed E-state index contributed by atoms with van der Waals surface area (Å²) in [6.45, 7) is 4.77. The van der Waals surface area contributed by atoms with Crippen LogP contribution >= 0.6 is 0 Å². The number of nitro benzene ring substituents is 1. The Balaban J connectivity index is 2.08. The molecule has 0 spiro atoms. The summed E-state index contributed by atoms with van der Waals surface area (Å²) < 4.78 is 0. The lowest BCUT2D eigenvalue weighted by Gasteiger charge is -2.17. The van der Waals surface area contributed by atoms with Gasteiger partial charge in [-0.15, -0.1) is 0 Å². The minimum absolute atomic E-state index is 0.0265. The third-order valence-corrected chi connectivity index (χ3v) is 4.89. The maximum absolute atomic E-state index is 11.2. The van der Waals surface area contributed by atoms with Crippen LogP contribution in [0.2, 0.25) is 0 Å². The molecule has 1 unspecified atom stereocenters. The highest BCUT2D eigenvalue weighted by atomic mass is 16.6. The van der Waals surface area contributed by atoms with E-state index in [9.17, 15) is 10.1 Å². The van der Waals surface area contributed by atoms with Gasteiger partial charge in [0.05, 0.1) is 10.6 Å². The van der Waals surface area contributed by atoms with Crippen molar-refractivity contribution >= 4 is 5.69 Å². The monoisotopic (exact) mass is 390 g/mol. The third kappa shape index (κ3) is 5.23. The number of aryl methyl sites for hydroxylation is 1. The zero-order chi connectivity index (χ0) is 20.8. The summed E-state index contributed by atoms with van der Waals surface area (Å²) in [4.78, 5) is 20.3. The van der Waals surface area contributed by atoms with E-state index in [0.29, 0.717) is 23.9 Å². The summed E-state index contributed by atoms with van der Waals surface area (Å²) >= 11 is 0. The van der Waals surface area contributed by atoms with Crippen LogP contribution < -0.4 is 5.73 Å². The van der Waals surface area contributed by atoms with Gasteiger partial charge in [-0.25, -0.2) is 9.97 Å². The molecule has 1 aromatic heterocycles. The lowest BCUT2D eigenvalue weighted by molar-refractivity contribution is -0.384. The lowest BCUT2D eigenvalue weighted by Crippen LogP contribution is -2.16. The highest BCUT2D eigenvalue weighted by molar-refractivity contribution is 5.59. The van der Waals surface area contributed by atoms with Gasteiger partial charge in [0.25, 0.3) is 5.69 Å². The van der Waals surface area contributed by atoms with Crippen molar-refractivity contribution in [2.45, 2.75) is 32.6 Å². The number of nitro groups is 1. The first kappa shape index (κ1) is 20.6. The van der Waals surface area contributed by atoms with E-state index in [4.69, 9.17) is 15.7 Å². The molecule has 0 aliphatic heterocycles. The van der Waals surface area contributed by atoms with Crippen molar-refractivity contribution in [3.05, 3.63) is 87.7 Å². The number of aromatic nitrogens is 2. The van der Waals surface area contributed by atoms with Gasteiger partial charge in [0.1, 0.15) is 0 Å². The fraction of sp³-hybridized carbons (Fsp3) is 0.304. The molecule has 0 fully saturated rings. The van der Waals surface area contributed by atoms with Crippen molar-refractivity contribution in [2.24, 2.45) is 11.7 Å². The van der Waals surface area contributed by atoms with Gasteiger partial charge in [-0.05, 0) is 30.4 Å². The largest absolute Gasteiger partial charge is 0.329 e. The molecule has 29 heavy (non-hydrogen) atoms. The van der Waals surface area contributed by atoms with Gasteiger partial charge in [-0.2, -0.15) is 0 Å². The Morgan fingerprint density at radius 1 is 1.03 bits per heavy atom. The molecule has 2 N–H and O–H groups in total. The highest BCUT2D eigenvalue weighted by Crippen LogP contribution is 2.27. The van der Waals surface area contributed by atoms with Crippen molar-refractivity contribution < 1.29 is 4.92 Å². The molecule has 0 saturated heterocycles. The summed E-state index contributed by atoms with van der Waals surface area (Å²) in [6.07, 6.45) is 1.82. The van der Waals surface area contributed by atoms with Crippen molar-refractivity contribution in [3.63, 3.8) is 0 Å². The Morgan fingerprint density at radius 3 is 2.45 bits per heavy atom. The van der Waals surface area contributed by atoms with Gasteiger partial charge in [0.15, 0.2) is 5.82 Å². The van der Waals surface area contributed by atoms with Gasteiger partial charge in [0, 0.05) is 35.9 Å². The van der Waals surface area contributed by atoms with Crippen molar-refractivity contribution in [1.82, 2.24) is 9.97 Å². The van der Waals surface area contributed by atoms with Crippen molar-refractivity contribution in [3.8, 4) is 11.4 Å². The van der Waals surface area contributed by atoms with E-state index in [-0.39, 0.29) is 11.6 Å². The number of rotatable bonds is 8. The first-order valence-electron chi connectivity index (χ1n) is 9.85. The van der Waals surface area contributed by atoms with Gasteiger partial charge in [0.2, 0.25) is 0 Å².